The van der Waals surface area contributed by atoms with Crippen molar-refractivity contribution in [3.8, 4) is 0 Å². The number of alkyl halides is 3. The lowest BCUT2D eigenvalue weighted by Crippen LogP contribution is -2.32. The number of aromatic nitrogens is 3. The van der Waals surface area contributed by atoms with Crippen molar-refractivity contribution in [2.24, 2.45) is 0 Å². The fourth-order valence-electron chi connectivity index (χ4n) is 2.57. The topological polar surface area (TPSA) is 71.8 Å². The normalized spacial score (nSPS) is 11.6. The van der Waals surface area contributed by atoms with Crippen molar-refractivity contribution in [1.29, 1.82) is 0 Å². The molecule has 2 N–H and O–H groups in total. The van der Waals surface area contributed by atoms with Crippen LogP contribution >= 0.6 is 15.9 Å². The zero-order valence-electron chi connectivity index (χ0n) is 14.1. The Morgan fingerprint density at radius 2 is 2.07 bits per heavy atom. The van der Waals surface area contributed by atoms with Gasteiger partial charge in [0.05, 0.1) is 0 Å². The molecule has 0 aliphatic heterocycles. The predicted octanol–water partition coefficient (Wildman–Crippen LogP) is 4.34. The summed E-state index contributed by atoms with van der Waals surface area (Å²) in [5, 5.41) is 5.18. The van der Waals surface area contributed by atoms with E-state index in [1.54, 1.807) is 18.2 Å². The van der Waals surface area contributed by atoms with Crippen molar-refractivity contribution in [1.82, 2.24) is 19.9 Å². The van der Waals surface area contributed by atoms with Gasteiger partial charge in [0.25, 0.3) is 0 Å². The standard InChI is InChI=1S/C17H15BrF3N5O/c1-10-9-11(4-5-12(10)18)24-16(27)23-7-8-26-14-13(3-2-6-22-14)25-15(26)17(19,20)21/h2-6,9H,7-8H2,1H3,(H2,23,24,27). The van der Waals surface area contributed by atoms with Gasteiger partial charge in [0.1, 0.15) is 5.52 Å². The third-order valence-electron chi connectivity index (χ3n) is 3.79. The molecule has 0 fully saturated rings. The molecule has 0 aliphatic carbocycles. The SMILES string of the molecule is Cc1cc(NC(=O)NCCn2c(C(F)(F)F)nc3cccnc32)ccc1Br. The molecule has 2 amide bonds. The summed E-state index contributed by atoms with van der Waals surface area (Å²) in [6.07, 6.45) is -3.21. The molecular weight excluding hydrogens is 427 g/mol. The first-order valence-electron chi connectivity index (χ1n) is 7.95. The Bertz CT molecular complexity index is 986. The van der Waals surface area contributed by atoms with Crippen LogP contribution < -0.4 is 10.6 Å². The highest BCUT2D eigenvalue weighted by atomic mass is 79.9. The summed E-state index contributed by atoms with van der Waals surface area (Å²) in [5.41, 5.74) is 1.80. The molecule has 27 heavy (non-hydrogen) atoms. The number of fused-ring (bicyclic) bond motifs is 1. The molecule has 0 saturated heterocycles. The smallest absolute Gasteiger partial charge is 0.336 e. The minimum atomic E-state index is -4.61. The van der Waals surface area contributed by atoms with Gasteiger partial charge in [-0.2, -0.15) is 13.2 Å². The first-order valence-corrected chi connectivity index (χ1v) is 8.74. The molecule has 0 spiro atoms. The Labute approximate surface area is 160 Å². The van der Waals surface area contributed by atoms with Crippen molar-refractivity contribution in [2.75, 3.05) is 11.9 Å². The maximum atomic E-state index is 13.2. The summed E-state index contributed by atoms with van der Waals surface area (Å²) >= 11 is 3.37. The van der Waals surface area contributed by atoms with Gasteiger partial charge in [0.2, 0.25) is 5.82 Å². The maximum absolute atomic E-state index is 13.2. The lowest BCUT2D eigenvalue weighted by Gasteiger charge is -2.12. The molecule has 0 radical (unpaired) electrons. The molecule has 0 saturated carbocycles. The van der Waals surface area contributed by atoms with Gasteiger partial charge in [0.15, 0.2) is 5.65 Å². The molecule has 0 bridgehead atoms. The average molecular weight is 442 g/mol. The summed E-state index contributed by atoms with van der Waals surface area (Å²) in [5.74, 6) is -1.04. The van der Waals surface area contributed by atoms with Crippen LogP contribution in [0.2, 0.25) is 0 Å². The number of hydrogen-bond donors (Lipinski definition) is 2. The van der Waals surface area contributed by atoms with Gasteiger partial charge in [-0.15, -0.1) is 0 Å². The van der Waals surface area contributed by atoms with Crippen LogP contribution in [-0.4, -0.2) is 27.1 Å². The van der Waals surface area contributed by atoms with Gasteiger partial charge < -0.3 is 15.2 Å². The number of pyridine rings is 1. The Hall–Kier alpha value is -2.62. The number of urea groups is 1. The fourth-order valence-corrected chi connectivity index (χ4v) is 2.81. The van der Waals surface area contributed by atoms with Crippen LogP contribution in [0.4, 0.5) is 23.7 Å². The number of nitrogens with one attached hydrogen (secondary N) is 2. The lowest BCUT2D eigenvalue weighted by molar-refractivity contribution is -0.146. The highest BCUT2D eigenvalue weighted by molar-refractivity contribution is 9.10. The highest BCUT2D eigenvalue weighted by Gasteiger charge is 2.37. The number of hydrogen-bond acceptors (Lipinski definition) is 3. The number of amides is 2. The van der Waals surface area contributed by atoms with Crippen molar-refractivity contribution < 1.29 is 18.0 Å². The highest BCUT2D eigenvalue weighted by Crippen LogP contribution is 2.30. The van der Waals surface area contributed by atoms with Crippen LogP contribution in [0.1, 0.15) is 11.4 Å². The zero-order valence-corrected chi connectivity index (χ0v) is 15.7. The van der Waals surface area contributed by atoms with Gasteiger partial charge in [-0.05, 0) is 42.8 Å². The van der Waals surface area contributed by atoms with E-state index in [1.165, 1.54) is 18.3 Å². The van der Waals surface area contributed by atoms with Gasteiger partial charge >= 0.3 is 12.2 Å². The quantitative estimate of drug-likeness (QED) is 0.632. The number of imidazole rings is 1. The van der Waals surface area contributed by atoms with E-state index in [0.717, 1.165) is 14.6 Å². The summed E-state index contributed by atoms with van der Waals surface area (Å²) in [6, 6.07) is 7.76. The number of carbonyl (C=O) groups excluding carboxylic acids is 1. The van der Waals surface area contributed by atoms with Crippen LogP contribution in [0.15, 0.2) is 41.0 Å². The molecular formula is C17H15BrF3N5O. The van der Waals surface area contributed by atoms with E-state index < -0.39 is 18.0 Å². The second-order valence-corrected chi connectivity index (χ2v) is 6.63. The monoisotopic (exact) mass is 441 g/mol. The third-order valence-corrected chi connectivity index (χ3v) is 4.68. The summed E-state index contributed by atoms with van der Waals surface area (Å²) in [7, 11) is 0. The minimum absolute atomic E-state index is 0.0214. The summed E-state index contributed by atoms with van der Waals surface area (Å²) in [6.45, 7) is 1.74. The second kappa shape index (κ2) is 7.55. The molecule has 1 aromatic carbocycles. The number of rotatable bonds is 4. The zero-order chi connectivity index (χ0) is 19.6. The molecule has 10 heteroatoms. The van der Waals surface area contributed by atoms with Crippen LogP contribution in [0.5, 0.6) is 0 Å². The Balaban J connectivity index is 1.68. The van der Waals surface area contributed by atoms with E-state index >= 15 is 0 Å². The van der Waals surface area contributed by atoms with Crippen molar-refractivity contribution >= 4 is 38.8 Å². The predicted molar refractivity (Wildman–Crippen MR) is 98.4 cm³/mol. The summed E-state index contributed by atoms with van der Waals surface area (Å²) < 4.78 is 41.5. The number of nitrogens with zero attached hydrogens (tertiary/aromatic N) is 3. The summed E-state index contributed by atoms with van der Waals surface area (Å²) in [4.78, 5) is 19.6. The van der Waals surface area contributed by atoms with E-state index in [4.69, 9.17) is 0 Å². The molecule has 6 nitrogen and oxygen atoms in total. The largest absolute Gasteiger partial charge is 0.449 e. The van der Waals surface area contributed by atoms with E-state index in [-0.39, 0.29) is 24.3 Å². The Morgan fingerprint density at radius 3 is 2.78 bits per heavy atom. The van der Waals surface area contributed by atoms with Crippen LogP contribution in [0, 0.1) is 6.92 Å². The molecule has 142 valence electrons. The number of anilines is 1. The van der Waals surface area contributed by atoms with E-state index in [9.17, 15) is 18.0 Å². The van der Waals surface area contributed by atoms with E-state index in [1.807, 2.05) is 6.92 Å². The van der Waals surface area contributed by atoms with Gasteiger partial charge in [-0.3, -0.25) is 0 Å². The van der Waals surface area contributed by atoms with Crippen LogP contribution in [0.25, 0.3) is 11.2 Å². The Morgan fingerprint density at radius 1 is 1.30 bits per heavy atom. The number of halogens is 4. The fraction of sp³-hybridized carbons (Fsp3) is 0.235. The number of aryl methyl sites for hydroxylation is 1. The minimum Gasteiger partial charge on any atom is -0.336 e. The van der Waals surface area contributed by atoms with Crippen LogP contribution in [0.3, 0.4) is 0 Å². The van der Waals surface area contributed by atoms with Gasteiger partial charge in [0, 0.05) is 29.4 Å². The molecule has 3 rings (SSSR count). The van der Waals surface area contributed by atoms with Crippen molar-refractivity contribution in [3.63, 3.8) is 0 Å². The third kappa shape index (κ3) is 4.38. The lowest BCUT2D eigenvalue weighted by atomic mass is 10.2. The number of carbonyl (C=O) groups is 1. The molecule has 0 unspecified atom stereocenters. The maximum Gasteiger partial charge on any atom is 0.449 e. The first kappa shape index (κ1) is 19.2. The van der Waals surface area contributed by atoms with E-state index in [0.29, 0.717) is 5.69 Å². The number of benzene rings is 1. The van der Waals surface area contributed by atoms with Crippen LogP contribution in [-0.2, 0) is 12.7 Å². The van der Waals surface area contributed by atoms with E-state index in [2.05, 4.69) is 36.5 Å². The van der Waals surface area contributed by atoms with Gasteiger partial charge in [-0.1, -0.05) is 15.9 Å². The molecule has 2 heterocycles. The van der Waals surface area contributed by atoms with Crippen molar-refractivity contribution in [3.05, 3.63) is 52.4 Å². The van der Waals surface area contributed by atoms with Gasteiger partial charge in [-0.25, -0.2) is 14.8 Å². The first-order chi connectivity index (χ1) is 12.8. The van der Waals surface area contributed by atoms with Crippen molar-refractivity contribution in [2.45, 2.75) is 19.6 Å². The Kier molecular flexibility index (Phi) is 5.36. The molecule has 2 aromatic heterocycles. The molecule has 0 atom stereocenters. The second-order valence-electron chi connectivity index (χ2n) is 5.78. The average Bonchev–Trinajstić information content (AvgIpc) is 2.97. The molecule has 3 aromatic rings. The molecule has 0 aliphatic rings.